The van der Waals surface area contributed by atoms with Gasteiger partial charge in [0.1, 0.15) is 0 Å². The zero-order valence-electron chi connectivity index (χ0n) is 15.2. The first kappa shape index (κ1) is 16.8. The van der Waals surface area contributed by atoms with Crippen molar-refractivity contribution in [2.24, 2.45) is 0 Å². The van der Waals surface area contributed by atoms with E-state index in [0.29, 0.717) is 0 Å². The molecule has 0 saturated heterocycles. The largest absolute Gasteiger partial charge is 0.347 e. The zero-order valence-corrected chi connectivity index (χ0v) is 16.2. The molecule has 0 radical (unpaired) electrons. The van der Waals surface area contributed by atoms with Gasteiger partial charge in [0, 0.05) is 18.3 Å². The van der Waals surface area contributed by atoms with Crippen molar-refractivity contribution in [2.75, 3.05) is 0 Å². The minimum Gasteiger partial charge on any atom is -0.347 e. The normalized spacial score (nSPS) is 11.7. The Bertz CT molecular complexity index is 795. The van der Waals surface area contributed by atoms with Gasteiger partial charge >= 0.3 is 0 Å². The Labute approximate surface area is 147 Å². The highest BCUT2D eigenvalue weighted by Gasteiger charge is 2.27. The third kappa shape index (κ3) is 3.25. The Kier molecular flexibility index (Phi) is 4.77. The molecule has 0 unspecified atom stereocenters. The summed E-state index contributed by atoms with van der Waals surface area (Å²) in [6.45, 7) is 10.7. The summed E-state index contributed by atoms with van der Waals surface area (Å²) in [4.78, 5) is 0. The molecule has 3 aromatic rings. The molecule has 1 aromatic heterocycles. The van der Waals surface area contributed by atoms with Gasteiger partial charge in [0.05, 0.1) is 13.8 Å². The molecule has 0 amide bonds. The first-order valence-corrected chi connectivity index (χ1v) is 12.4. The molecule has 3 rings (SSSR count). The number of hydrogen-bond donors (Lipinski definition) is 0. The highest BCUT2D eigenvalue weighted by Crippen LogP contribution is 2.34. The van der Waals surface area contributed by atoms with Crippen LogP contribution in [0.3, 0.4) is 0 Å². The minimum atomic E-state index is -1.45. The molecule has 124 valence electrons. The van der Waals surface area contributed by atoms with Gasteiger partial charge in [-0.15, -0.1) is 0 Å². The van der Waals surface area contributed by atoms with Gasteiger partial charge in [-0.25, -0.2) is 0 Å². The van der Waals surface area contributed by atoms with E-state index in [2.05, 4.69) is 98.0 Å². The van der Waals surface area contributed by atoms with E-state index in [0.717, 1.165) is 13.0 Å². The average molecular weight is 334 g/mol. The van der Waals surface area contributed by atoms with Crippen LogP contribution in [0.2, 0.25) is 19.6 Å². The van der Waals surface area contributed by atoms with Crippen molar-refractivity contribution < 1.29 is 0 Å². The minimum absolute atomic E-state index is 1.06. The summed E-state index contributed by atoms with van der Waals surface area (Å²) < 4.78 is 2.48. The molecule has 0 aliphatic rings. The van der Waals surface area contributed by atoms with Crippen LogP contribution in [0, 0.1) is 0 Å². The molecule has 0 bridgehead atoms. The van der Waals surface area contributed by atoms with Gasteiger partial charge in [0.25, 0.3) is 0 Å². The van der Waals surface area contributed by atoms with E-state index >= 15 is 0 Å². The van der Waals surface area contributed by atoms with Crippen molar-refractivity contribution in [3.05, 3.63) is 66.9 Å². The third-order valence-electron chi connectivity index (χ3n) is 4.46. The highest BCUT2D eigenvalue weighted by atomic mass is 28.3. The van der Waals surface area contributed by atoms with E-state index in [9.17, 15) is 0 Å². The van der Waals surface area contributed by atoms with E-state index in [1.165, 1.54) is 22.4 Å². The lowest BCUT2D eigenvalue weighted by Gasteiger charge is -2.18. The molecule has 0 N–H and O–H groups in total. The molecule has 1 heterocycles. The predicted octanol–water partition coefficient (Wildman–Crippen LogP) is 5.78. The van der Waals surface area contributed by atoms with Gasteiger partial charge in [-0.3, -0.25) is 0 Å². The van der Waals surface area contributed by atoms with Gasteiger partial charge in [0.2, 0.25) is 0 Å². The summed E-state index contributed by atoms with van der Waals surface area (Å²) in [5.41, 5.74) is 5.47. The summed E-state index contributed by atoms with van der Waals surface area (Å²) in [6.07, 6.45) is 3.58. The summed E-state index contributed by atoms with van der Waals surface area (Å²) in [5.74, 6) is 0. The highest BCUT2D eigenvalue weighted by molar-refractivity contribution is 6.89. The van der Waals surface area contributed by atoms with E-state index in [1.807, 2.05) is 0 Å². The first-order chi connectivity index (χ1) is 11.5. The first-order valence-electron chi connectivity index (χ1n) is 8.87. The second-order valence-electron chi connectivity index (χ2n) is 7.44. The smallest absolute Gasteiger partial charge is 0.0804 e. The molecule has 2 aromatic carbocycles. The lowest BCUT2D eigenvalue weighted by atomic mass is 10.0. The number of aryl methyl sites for hydroxylation is 1. The monoisotopic (exact) mass is 333 g/mol. The van der Waals surface area contributed by atoms with E-state index in [4.69, 9.17) is 0 Å². The predicted molar refractivity (Wildman–Crippen MR) is 109 cm³/mol. The van der Waals surface area contributed by atoms with Gasteiger partial charge in [0.15, 0.2) is 0 Å². The number of aromatic nitrogens is 1. The molecule has 0 aliphatic carbocycles. The molecule has 0 atom stereocenters. The maximum atomic E-state index is 2.48. The quantitative estimate of drug-likeness (QED) is 0.522. The fraction of sp³-hybridized carbons (Fsp3) is 0.273. The van der Waals surface area contributed by atoms with Crippen molar-refractivity contribution >= 4 is 13.3 Å². The van der Waals surface area contributed by atoms with Crippen LogP contribution < -0.4 is 5.19 Å². The topological polar surface area (TPSA) is 4.93 Å². The maximum Gasteiger partial charge on any atom is 0.0804 e. The molecule has 0 spiro atoms. The van der Waals surface area contributed by atoms with Crippen LogP contribution in [0.25, 0.3) is 22.4 Å². The number of hydrogen-bond acceptors (Lipinski definition) is 0. The fourth-order valence-corrected chi connectivity index (χ4v) is 4.90. The van der Waals surface area contributed by atoms with Crippen molar-refractivity contribution in [1.82, 2.24) is 4.57 Å². The van der Waals surface area contributed by atoms with Crippen LogP contribution in [0.15, 0.2) is 66.9 Å². The van der Waals surface area contributed by atoms with Crippen LogP contribution in [0.1, 0.15) is 13.3 Å². The number of rotatable bonds is 5. The summed E-state index contributed by atoms with van der Waals surface area (Å²) in [5, 5.41) is 1.56. The Morgan fingerprint density at radius 3 is 1.83 bits per heavy atom. The van der Waals surface area contributed by atoms with Crippen LogP contribution in [-0.2, 0) is 6.54 Å². The fourth-order valence-electron chi connectivity index (χ4n) is 3.35. The molecule has 0 saturated carbocycles. The standard InChI is InChI=1S/C22H27NSi/c1-5-16-23-17-20(24(2,3)4)21(18-12-8-6-9-13-18)22(23)19-14-10-7-11-15-19/h6-15,17H,5,16H2,1-4H3. The van der Waals surface area contributed by atoms with Crippen LogP contribution in [0.5, 0.6) is 0 Å². The van der Waals surface area contributed by atoms with Crippen LogP contribution in [-0.4, -0.2) is 12.6 Å². The van der Waals surface area contributed by atoms with Gasteiger partial charge < -0.3 is 4.57 Å². The number of benzene rings is 2. The summed E-state index contributed by atoms with van der Waals surface area (Å²) in [7, 11) is -1.45. The molecule has 0 aliphatic heterocycles. The zero-order chi connectivity index (χ0) is 17.2. The Hall–Kier alpha value is -2.06. The molecular weight excluding hydrogens is 306 g/mol. The SMILES string of the molecule is CCCn1cc([Si](C)(C)C)c(-c2ccccc2)c1-c1ccccc1. The van der Waals surface area contributed by atoms with Crippen molar-refractivity contribution in [2.45, 2.75) is 39.5 Å². The molecule has 0 fully saturated rings. The number of nitrogens with zero attached hydrogens (tertiary/aromatic N) is 1. The van der Waals surface area contributed by atoms with E-state index < -0.39 is 8.07 Å². The maximum absolute atomic E-state index is 2.48. The Morgan fingerprint density at radius 1 is 0.792 bits per heavy atom. The third-order valence-corrected chi connectivity index (χ3v) is 6.46. The molecule has 1 nitrogen and oxygen atoms in total. The second-order valence-corrected chi connectivity index (χ2v) is 12.5. The van der Waals surface area contributed by atoms with Crippen molar-refractivity contribution in [1.29, 1.82) is 0 Å². The van der Waals surface area contributed by atoms with E-state index in [-0.39, 0.29) is 0 Å². The van der Waals surface area contributed by atoms with Crippen molar-refractivity contribution in [3.63, 3.8) is 0 Å². The van der Waals surface area contributed by atoms with Gasteiger partial charge in [-0.2, -0.15) is 0 Å². The average Bonchev–Trinajstić information content (AvgIpc) is 2.96. The molecular formula is C22H27NSi. The van der Waals surface area contributed by atoms with Crippen LogP contribution in [0.4, 0.5) is 0 Å². The van der Waals surface area contributed by atoms with Gasteiger partial charge in [-0.1, -0.05) is 87.2 Å². The van der Waals surface area contributed by atoms with Crippen LogP contribution >= 0.6 is 0 Å². The Balaban J connectivity index is 2.34. The molecule has 2 heteroatoms. The summed E-state index contributed by atoms with van der Waals surface area (Å²) in [6, 6.07) is 21.8. The van der Waals surface area contributed by atoms with E-state index in [1.54, 1.807) is 5.19 Å². The second kappa shape index (κ2) is 6.82. The molecule has 24 heavy (non-hydrogen) atoms. The lowest BCUT2D eigenvalue weighted by molar-refractivity contribution is 0.690. The van der Waals surface area contributed by atoms with Gasteiger partial charge in [-0.05, 0) is 22.7 Å². The Morgan fingerprint density at radius 2 is 1.33 bits per heavy atom. The lowest BCUT2D eigenvalue weighted by Crippen LogP contribution is -2.38. The summed E-state index contributed by atoms with van der Waals surface area (Å²) >= 11 is 0. The van der Waals surface area contributed by atoms with Crippen molar-refractivity contribution in [3.8, 4) is 22.4 Å².